The van der Waals surface area contributed by atoms with Crippen LogP contribution in [0.25, 0.3) is 0 Å². The average Bonchev–Trinajstić information content (AvgIpc) is 3.25. The molecule has 2 aromatic rings. The van der Waals surface area contributed by atoms with Crippen molar-refractivity contribution in [2.24, 2.45) is 0 Å². The minimum Gasteiger partial charge on any atom is -0.392 e. The molecule has 0 radical (unpaired) electrons. The maximum atomic E-state index is 13.7. The van der Waals surface area contributed by atoms with Gasteiger partial charge in [0.2, 0.25) is 11.8 Å². The predicted molar refractivity (Wildman–Crippen MR) is 151 cm³/mol. The number of rotatable bonds is 10. The molecular weight excluding hydrogens is 502 g/mol. The Morgan fingerprint density at radius 3 is 2.39 bits per heavy atom. The summed E-state index contributed by atoms with van der Waals surface area (Å²) >= 11 is 0. The number of hydrogen-bond acceptors (Lipinski definition) is 5. The molecule has 1 aliphatic carbocycles. The van der Waals surface area contributed by atoms with E-state index in [2.05, 4.69) is 34.9 Å². The van der Waals surface area contributed by atoms with E-state index in [-0.39, 0.29) is 42.8 Å². The van der Waals surface area contributed by atoms with Gasteiger partial charge in [0, 0.05) is 19.6 Å². The number of β-amino-alcohol motifs (C(OH)–C–C–N with tert-alkyl or cyclic N) is 1. The number of nitrogens with one attached hydrogen (secondary N) is 2. The quantitative estimate of drug-likeness (QED) is 0.427. The Labute approximate surface area is 232 Å². The third kappa shape index (κ3) is 7.14. The predicted octanol–water partition coefficient (Wildman–Crippen LogP) is 3.37. The zero-order valence-corrected chi connectivity index (χ0v) is 23.6. The van der Waals surface area contributed by atoms with Crippen molar-refractivity contribution in [3.8, 4) is 0 Å². The average molecular weight is 544 g/mol. The molecule has 38 heavy (non-hydrogen) atoms. The molecule has 3 N–H and O–H groups in total. The molecule has 2 atom stereocenters. The maximum absolute atomic E-state index is 13.7. The van der Waals surface area contributed by atoms with E-state index in [1.54, 1.807) is 20.8 Å². The Kier molecular flexibility index (Phi) is 10.4. The largest absolute Gasteiger partial charge is 0.392 e. The van der Waals surface area contributed by atoms with Gasteiger partial charge in [-0.25, -0.2) is 0 Å². The molecule has 1 fully saturated rings. The molecule has 2 aromatic carbocycles. The lowest BCUT2D eigenvalue weighted by Crippen LogP contribution is -2.60. The SMILES string of the molecule is C[C@@H](O)CNC(C)(C)C(=O)N[C@H](COCc1ccccc1)C(=O)N1CCC2(CCc3ccccc32)CC1.Cl. The molecule has 1 saturated heterocycles. The Hall–Kier alpha value is -2.45. The van der Waals surface area contributed by atoms with Gasteiger partial charge in [0.25, 0.3) is 0 Å². The summed E-state index contributed by atoms with van der Waals surface area (Å²) in [6.45, 7) is 7.23. The van der Waals surface area contributed by atoms with Gasteiger partial charge in [-0.15, -0.1) is 12.4 Å². The van der Waals surface area contributed by atoms with Crippen molar-refractivity contribution in [3.63, 3.8) is 0 Å². The molecule has 0 unspecified atom stereocenters. The fourth-order valence-electron chi connectivity index (χ4n) is 5.52. The number of aliphatic hydroxyl groups excluding tert-OH is 1. The second-order valence-electron chi connectivity index (χ2n) is 11.1. The number of piperidine rings is 1. The lowest BCUT2D eigenvalue weighted by Gasteiger charge is -2.41. The van der Waals surface area contributed by atoms with Gasteiger partial charge < -0.3 is 25.4 Å². The number of amides is 2. The van der Waals surface area contributed by atoms with Crippen LogP contribution in [-0.2, 0) is 32.8 Å². The molecule has 0 saturated carbocycles. The number of halogens is 1. The van der Waals surface area contributed by atoms with Gasteiger partial charge in [0.1, 0.15) is 6.04 Å². The highest BCUT2D eigenvalue weighted by molar-refractivity contribution is 5.91. The molecule has 7 nitrogen and oxygen atoms in total. The first-order valence-corrected chi connectivity index (χ1v) is 13.4. The fraction of sp³-hybridized carbons (Fsp3) is 0.533. The number of carbonyl (C=O) groups excluding carboxylic acids is 2. The summed E-state index contributed by atoms with van der Waals surface area (Å²) in [6.07, 6.45) is 3.52. The number of fused-ring (bicyclic) bond motifs is 2. The number of benzene rings is 2. The Bertz CT molecular complexity index is 1070. The van der Waals surface area contributed by atoms with Gasteiger partial charge in [-0.2, -0.15) is 0 Å². The fourth-order valence-corrected chi connectivity index (χ4v) is 5.52. The normalized spacial score (nSPS) is 17.8. The van der Waals surface area contributed by atoms with Crippen LogP contribution in [-0.4, -0.2) is 65.7 Å². The summed E-state index contributed by atoms with van der Waals surface area (Å²) in [5.41, 5.74) is 3.11. The van der Waals surface area contributed by atoms with Crippen molar-refractivity contribution in [2.75, 3.05) is 26.2 Å². The first kappa shape index (κ1) is 30.1. The van der Waals surface area contributed by atoms with Crippen LogP contribution in [0.1, 0.15) is 56.7 Å². The van der Waals surface area contributed by atoms with Gasteiger partial charge in [0.15, 0.2) is 0 Å². The minimum atomic E-state index is -0.950. The Morgan fingerprint density at radius 1 is 1.05 bits per heavy atom. The van der Waals surface area contributed by atoms with Crippen molar-refractivity contribution in [3.05, 3.63) is 71.3 Å². The highest BCUT2D eigenvalue weighted by Crippen LogP contribution is 2.46. The van der Waals surface area contributed by atoms with Gasteiger partial charge in [0.05, 0.1) is 24.9 Å². The summed E-state index contributed by atoms with van der Waals surface area (Å²) in [6, 6.07) is 17.7. The van der Waals surface area contributed by atoms with Crippen LogP contribution in [0.5, 0.6) is 0 Å². The molecule has 4 rings (SSSR count). The van der Waals surface area contributed by atoms with Gasteiger partial charge in [-0.3, -0.25) is 9.59 Å². The monoisotopic (exact) mass is 543 g/mol. The van der Waals surface area contributed by atoms with Crippen LogP contribution in [0, 0.1) is 0 Å². The summed E-state index contributed by atoms with van der Waals surface area (Å²) < 4.78 is 5.92. The van der Waals surface area contributed by atoms with E-state index in [0.29, 0.717) is 19.7 Å². The van der Waals surface area contributed by atoms with E-state index < -0.39 is 17.7 Å². The topological polar surface area (TPSA) is 90.9 Å². The van der Waals surface area contributed by atoms with Crippen LogP contribution >= 0.6 is 12.4 Å². The molecule has 1 spiro atoms. The molecule has 1 aliphatic heterocycles. The van der Waals surface area contributed by atoms with Crippen molar-refractivity contribution in [1.82, 2.24) is 15.5 Å². The van der Waals surface area contributed by atoms with Crippen LogP contribution in [0.4, 0.5) is 0 Å². The first-order valence-electron chi connectivity index (χ1n) is 13.4. The minimum absolute atomic E-state index is 0. The molecule has 2 aliphatic rings. The Morgan fingerprint density at radius 2 is 1.71 bits per heavy atom. The smallest absolute Gasteiger partial charge is 0.247 e. The van der Waals surface area contributed by atoms with Crippen LogP contribution in [0.2, 0.25) is 0 Å². The lowest BCUT2D eigenvalue weighted by atomic mass is 9.74. The Balaban J connectivity index is 0.00000400. The number of hydrogen-bond donors (Lipinski definition) is 3. The number of carbonyl (C=O) groups is 2. The highest BCUT2D eigenvalue weighted by Gasteiger charge is 2.43. The molecule has 0 aromatic heterocycles. The van der Waals surface area contributed by atoms with Gasteiger partial charge in [-0.1, -0.05) is 54.6 Å². The summed E-state index contributed by atoms with van der Waals surface area (Å²) in [4.78, 5) is 28.7. The van der Waals surface area contributed by atoms with E-state index in [1.165, 1.54) is 11.1 Å². The second-order valence-corrected chi connectivity index (χ2v) is 11.1. The van der Waals surface area contributed by atoms with E-state index in [4.69, 9.17) is 4.74 Å². The summed E-state index contributed by atoms with van der Waals surface area (Å²) in [5.74, 6) is -0.401. The standard InChI is InChI=1S/C30H41N3O4.ClH/c1-22(34)19-31-29(2,3)28(36)32-26(21-37-20-23-9-5-4-6-10-23)27(35)33-17-15-30(16-18-33)14-13-24-11-7-8-12-25(24)30;/h4-12,22,26,31,34H,13-21H2,1-3H3,(H,32,36);1H/t22-,26-;/m1./s1. The van der Waals surface area contributed by atoms with Crippen molar-refractivity contribution in [2.45, 2.75) is 76.2 Å². The maximum Gasteiger partial charge on any atom is 0.247 e. The van der Waals surface area contributed by atoms with E-state index >= 15 is 0 Å². The zero-order valence-electron chi connectivity index (χ0n) is 22.7. The molecule has 2 amide bonds. The summed E-state index contributed by atoms with van der Waals surface area (Å²) in [7, 11) is 0. The van der Waals surface area contributed by atoms with Crippen LogP contribution < -0.4 is 10.6 Å². The lowest BCUT2D eigenvalue weighted by molar-refractivity contribution is -0.141. The van der Waals surface area contributed by atoms with E-state index in [1.807, 2.05) is 35.2 Å². The van der Waals surface area contributed by atoms with Crippen LogP contribution in [0.15, 0.2) is 54.6 Å². The van der Waals surface area contributed by atoms with Gasteiger partial charge >= 0.3 is 0 Å². The molecule has 1 heterocycles. The summed E-state index contributed by atoms with van der Waals surface area (Å²) in [5, 5.41) is 15.7. The molecule has 208 valence electrons. The number of aliphatic hydroxyl groups is 1. The second kappa shape index (κ2) is 13.1. The molecule has 0 bridgehead atoms. The third-order valence-corrected chi connectivity index (χ3v) is 7.90. The third-order valence-electron chi connectivity index (χ3n) is 7.90. The number of ether oxygens (including phenoxy) is 1. The highest BCUT2D eigenvalue weighted by atomic mass is 35.5. The van der Waals surface area contributed by atoms with Crippen molar-refractivity contribution < 1.29 is 19.4 Å². The van der Waals surface area contributed by atoms with Crippen LogP contribution in [0.3, 0.4) is 0 Å². The number of aryl methyl sites for hydroxylation is 1. The van der Waals surface area contributed by atoms with Crippen molar-refractivity contribution in [1.29, 1.82) is 0 Å². The first-order chi connectivity index (χ1) is 17.7. The van der Waals surface area contributed by atoms with Gasteiger partial charge in [-0.05, 0) is 68.6 Å². The molecular formula is C30H42ClN3O4. The van der Waals surface area contributed by atoms with E-state index in [0.717, 1.165) is 31.2 Å². The number of nitrogens with zero attached hydrogens (tertiary/aromatic N) is 1. The number of likely N-dealkylation sites (tertiary alicyclic amines) is 1. The van der Waals surface area contributed by atoms with E-state index in [9.17, 15) is 14.7 Å². The van der Waals surface area contributed by atoms with Crippen molar-refractivity contribution >= 4 is 24.2 Å². The molecule has 8 heteroatoms. The zero-order chi connectivity index (χ0) is 26.5.